The zero-order valence-corrected chi connectivity index (χ0v) is 23.3. The van der Waals surface area contributed by atoms with Gasteiger partial charge >= 0.3 is 0 Å². The molecule has 4 nitrogen and oxygen atoms in total. The third-order valence-corrected chi connectivity index (χ3v) is 7.79. The van der Waals surface area contributed by atoms with E-state index < -0.39 is 0 Å². The highest BCUT2D eigenvalue weighted by molar-refractivity contribution is 5.73. The number of nitrogens with one attached hydrogen (secondary N) is 1. The van der Waals surface area contributed by atoms with Crippen LogP contribution in [0.3, 0.4) is 0 Å². The van der Waals surface area contributed by atoms with E-state index in [1.54, 1.807) is 6.92 Å². The van der Waals surface area contributed by atoms with Crippen molar-refractivity contribution in [2.45, 2.75) is 156 Å². The van der Waals surface area contributed by atoms with Crippen molar-refractivity contribution in [1.29, 1.82) is 0 Å². The second-order valence-electron chi connectivity index (χ2n) is 10.6. The first-order valence-electron chi connectivity index (χ1n) is 14.9. The van der Waals surface area contributed by atoms with Crippen molar-refractivity contribution in [1.82, 2.24) is 5.32 Å². The molecule has 1 rings (SSSR count). The maximum Gasteiger partial charge on any atom is 0.221 e. The Bertz CT molecular complexity index is 559. The average molecular weight is 477 g/mol. The highest BCUT2D eigenvalue weighted by Gasteiger charge is 2.42. The number of quaternary nitrogens is 1. The number of unbranched alkanes of at least 4 members (excludes halogenated alkanes) is 15. The highest BCUT2D eigenvalue weighted by Crippen LogP contribution is 2.27. The normalized spacial score (nSPS) is 20.9. The van der Waals surface area contributed by atoms with Crippen LogP contribution in [0.4, 0.5) is 0 Å². The molecule has 0 aromatic heterocycles. The number of hydrogen-bond donors (Lipinski definition) is 1. The zero-order chi connectivity index (χ0) is 24.9. The van der Waals surface area contributed by atoms with E-state index in [0.29, 0.717) is 6.17 Å². The van der Waals surface area contributed by atoms with Crippen LogP contribution in [0.1, 0.15) is 143 Å². The third-order valence-electron chi connectivity index (χ3n) is 7.79. The number of carbonyl (C=O) groups excluding carboxylic acids is 1. The number of allylic oxidation sites excluding steroid dienone is 2. The summed E-state index contributed by atoms with van der Waals surface area (Å²) in [5.41, 5.74) is 0. The van der Waals surface area contributed by atoms with Gasteiger partial charge < -0.3 is 5.32 Å². The summed E-state index contributed by atoms with van der Waals surface area (Å²) in [6.07, 6.45) is 31.7. The molecule has 1 heterocycles. The number of aliphatic imine (C=N–C) groups is 1. The van der Waals surface area contributed by atoms with Crippen molar-refractivity contribution in [3.63, 3.8) is 0 Å². The van der Waals surface area contributed by atoms with Crippen LogP contribution in [-0.2, 0) is 4.79 Å². The average Bonchev–Trinajstić information content (AvgIpc) is 3.24. The highest BCUT2D eigenvalue weighted by atomic mass is 16.1. The van der Waals surface area contributed by atoms with Crippen LogP contribution >= 0.6 is 0 Å². The minimum Gasteiger partial charge on any atom is -0.307 e. The number of amides is 1. The molecular weight excluding hydrogens is 418 g/mol. The molecule has 0 fully saturated rings. The van der Waals surface area contributed by atoms with Crippen LogP contribution in [0.15, 0.2) is 17.1 Å². The summed E-state index contributed by atoms with van der Waals surface area (Å²) in [5.74, 6) is 0.0593. The lowest BCUT2D eigenvalue weighted by Crippen LogP contribution is -2.63. The molecule has 4 heteroatoms. The van der Waals surface area contributed by atoms with E-state index in [1.165, 1.54) is 109 Å². The summed E-state index contributed by atoms with van der Waals surface area (Å²) >= 11 is 0. The van der Waals surface area contributed by atoms with Gasteiger partial charge in [-0.25, -0.2) is 4.99 Å². The number of rotatable bonds is 22. The smallest absolute Gasteiger partial charge is 0.221 e. The van der Waals surface area contributed by atoms with E-state index in [-0.39, 0.29) is 12.1 Å². The standard InChI is InChI=1S/C30H57N3O/c1-5-7-8-9-10-11-12-13-14-15-16-17-18-19-20-21-22-23-24-25-30-31-26-27-33(30,6-2)28(3)32-29(4)34/h13-14,26,28,30H,5-12,15-25,27H2,1-4H3/p+1/b14-13+. The van der Waals surface area contributed by atoms with Crippen molar-refractivity contribution in [2.24, 2.45) is 4.99 Å². The number of carbonyl (C=O) groups is 1. The SMILES string of the molecule is CCCCCCCC/C=C/CCCCCCCCCCCC1N=CC[N+]1(CC)C(C)NC(C)=O. The van der Waals surface area contributed by atoms with Crippen LogP contribution in [0.5, 0.6) is 0 Å². The molecule has 0 saturated heterocycles. The summed E-state index contributed by atoms with van der Waals surface area (Å²) in [6, 6.07) is 0. The molecule has 1 N–H and O–H groups in total. The molecule has 34 heavy (non-hydrogen) atoms. The Morgan fingerprint density at radius 3 is 1.88 bits per heavy atom. The van der Waals surface area contributed by atoms with Crippen molar-refractivity contribution in [2.75, 3.05) is 13.1 Å². The molecule has 1 amide bonds. The molecule has 3 unspecified atom stereocenters. The van der Waals surface area contributed by atoms with Crippen LogP contribution in [0.2, 0.25) is 0 Å². The maximum atomic E-state index is 11.6. The van der Waals surface area contributed by atoms with E-state index in [4.69, 9.17) is 4.99 Å². The van der Waals surface area contributed by atoms with E-state index in [0.717, 1.165) is 24.0 Å². The quantitative estimate of drug-likeness (QED) is 0.0952. The lowest BCUT2D eigenvalue weighted by molar-refractivity contribution is -0.959. The summed E-state index contributed by atoms with van der Waals surface area (Å²) in [5, 5.41) is 3.12. The first-order chi connectivity index (χ1) is 16.6. The minimum atomic E-state index is 0.0593. The lowest BCUT2D eigenvalue weighted by Gasteiger charge is -2.42. The Balaban J connectivity index is 1.95. The van der Waals surface area contributed by atoms with Crippen LogP contribution in [0.25, 0.3) is 0 Å². The predicted octanol–water partition coefficient (Wildman–Crippen LogP) is 8.31. The Hall–Kier alpha value is -1.16. The van der Waals surface area contributed by atoms with Gasteiger partial charge in [-0.1, -0.05) is 96.1 Å². The van der Waals surface area contributed by atoms with Gasteiger partial charge in [-0.05, 0) is 39.0 Å². The Morgan fingerprint density at radius 2 is 1.38 bits per heavy atom. The van der Waals surface area contributed by atoms with Gasteiger partial charge in [0.1, 0.15) is 6.54 Å². The lowest BCUT2D eigenvalue weighted by atomic mass is 10.0. The third kappa shape index (κ3) is 13.1. The number of nitrogens with zero attached hydrogens (tertiary/aromatic N) is 2. The van der Waals surface area contributed by atoms with Crippen molar-refractivity contribution >= 4 is 12.1 Å². The van der Waals surface area contributed by atoms with Gasteiger partial charge in [0.15, 0.2) is 12.3 Å². The van der Waals surface area contributed by atoms with Gasteiger partial charge in [0.05, 0.1) is 12.8 Å². The first-order valence-corrected chi connectivity index (χ1v) is 14.9. The fourth-order valence-corrected chi connectivity index (χ4v) is 5.46. The molecule has 1 aliphatic heterocycles. The van der Waals surface area contributed by atoms with Crippen molar-refractivity contribution in [3.05, 3.63) is 12.2 Å². The molecule has 0 aliphatic carbocycles. The van der Waals surface area contributed by atoms with E-state index in [2.05, 4.69) is 44.5 Å². The van der Waals surface area contributed by atoms with Crippen LogP contribution < -0.4 is 5.32 Å². The van der Waals surface area contributed by atoms with Gasteiger partial charge in [0, 0.05) is 20.3 Å². The summed E-state index contributed by atoms with van der Waals surface area (Å²) < 4.78 is 0.883. The Labute approximate surface area is 212 Å². The fourth-order valence-electron chi connectivity index (χ4n) is 5.46. The van der Waals surface area contributed by atoms with E-state index in [1.807, 2.05) is 0 Å². The largest absolute Gasteiger partial charge is 0.307 e. The van der Waals surface area contributed by atoms with Gasteiger partial charge in [0.2, 0.25) is 5.91 Å². The molecular formula is C30H58N3O+. The molecule has 198 valence electrons. The second-order valence-corrected chi connectivity index (χ2v) is 10.6. The van der Waals surface area contributed by atoms with Crippen LogP contribution in [0, 0.1) is 0 Å². The molecule has 3 atom stereocenters. The Morgan fingerprint density at radius 1 is 0.882 bits per heavy atom. The summed E-state index contributed by atoms with van der Waals surface area (Å²) in [4.78, 5) is 16.3. The second kappa shape index (κ2) is 20.1. The molecule has 0 aromatic rings. The van der Waals surface area contributed by atoms with Crippen molar-refractivity contribution < 1.29 is 9.28 Å². The Kier molecular flexibility index (Phi) is 18.2. The number of hydrogen-bond acceptors (Lipinski definition) is 2. The van der Waals surface area contributed by atoms with E-state index in [9.17, 15) is 4.79 Å². The minimum absolute atomic E-state index is 0.0593. The molecule has 0 aromatic carbocycles. The van der Waals surface area contributed by atoms with Gasteiger partial charge in [0.25, 0.3) is 0 Å². The molecule has 1 aliphatic rings. The zero-order valence-electron chi connectivity index (χ0n) is 23.3. The molecule has 0 saturated carbocycles. The fraction of sp³-hybridized carbons (Fsp3) is 0.867. The molecule has 0 bridgehead atoms. The van der Waals surface area contributed by atoms with Crippen LogP contribution in [-0.4, -0.2) is 42.0 Å². The maximum absolute atomic E-state index is 11.6. The molecule has 0 spiro atoms. The first kappa shape index (κ1) is 30.9. The monoisotopic (exact) mass is 476 g/mol. The van der Waals surface area contributed by atoms with Crippen molar-refractivity contribution in [3.8, 4) is 0 Å². The summed E-state index contributed by atoms with van der Waals surface area (Å²) in [7, 11) is 0. The predicted molar refractivity (Wildman–Crippen MR) is 149 cm³/mol. The van der Waals surface area contributed by atoms with Gasteiger partial charge in [-0.15, -0.1) is 0 Å². The summed E-state index contributed by atoms with van der Waals surface area (Å²) in [6.45, 7) is 10.2. The topological polar surface area (TPSA) is 41.5 Å². The van der Waals surface area contributed by atoms with Gasteiger partial charge in [-0.2, -0.15) is 0 Å². The molecule has 0 radical (unpaired) electrons. The van der Waals surface area contributed by atoms with E-state index >= 15 is 0 Å². The van der Waals surface area contributed by atoms with Gasteiger partial charge in [-0.3, -0.25) is 9.28 Å².